The molecule has 16 aromatic rings. The molecule has 16 rings (SSSR count). The van der Waals surface area contributed by atoms with Crippen molar-refractivity contribution in [3.63, 3.8) is 0 Å². The van der Waals surface area contributed by atoms with E-state index in [1.165, 1.54) is 43.8 Å². The van der Waals surface area contributed by atoms with Gasteiger partial charge in [0.25, 0.3) is 0 Å². The molecule has 0 aliphatic rings. The van der Waals surface area contributed by atoms with Crippen LogP contribution < -0.4 is 0 Å². The van der Waals surface area contributed by atoms with Gasteiger partial charge in [-0.05, 0) is 118 Å². The van der Waals surface area contributed by atoms with Crippen LogP contribution in [0.2, 0.25) is 0 Å². The molecule has 6 nitrogen and oxygen atoms in total. The lowest BCUT2D eigenvalue weighted by molar-refractivity contribution is 0.961. The summed E-state index contributed by atoms with van der Waals surface area (Å²) in [5, 5.41) is 9.36. The van der Waals surface area contributed by atoms with Gasteiger partial charge in [0.15, 0.2) is 11.6 Å². The van der Waals surface area contributed by atoms with Gasteiger partial charge in [-0.25, -0.2) is 9.97 Å². The lowest BCUT2D eigenvalue weighted by Gasteiger charge is -2.27. The fourth-order valence-corrected chi connectivity index (χ4v) is 13.0. The van der Waals surface area contributed by atoms with Crippen LogP contribution in [-0.2, 0) is 0 Å². The fourth-order valence-electron chi connectivity index (χ4n) is 13.0. The number of benzene rings is 10. The minimum atomic E-state index is 0.796. The number of hydrogen-bond acceptors (Lipinski definition) is 2. The zero-order valence-corrected chi connectivity index (χ0v) is 44.8. The van der Waals surface area contributed by atoms with Crippen LogP contribution in [0.1, 0.15) is 22.3 Å². The van der Waals surface area contributed by atoms with Gasteiger partial charge in [0.1, 0.15) is 11.4 Å². The van der Waals surface area contributed by atoms with E-state index in [4.69, 9.17) is 9.97 Å². The van der Waals surface area contributed by atoms with E-state index in [1.807, 2.05) is 0 Å². The van der Waals surface area contributed by atoms with E-state index in [0.717, 1.165) is 122 Å². The quantitative estimate of drug-likeness (QED) is 0.160. The Morgan fingerprint density at radius 2 is 0.525 bits per heavy atom. The van der Waals surface area contributed by atoms with Crippen molar-refractivity contribution in [2.24, 2.45) is 0 Å². The molecule has 0 N–H and O–H groups in total. The maximum Gasteiger partial charge on any atom is 0.165 e. The first kappa shape index (κ1) is 45.9. The first-order valence-corrected chi connectivity index (χ1v) is 27.6. The first-order valence-electron chi connectivity index (χ1n) is 27.6. The van der Waals surface area contributed by atoms with Crippen LogP contribution in [-0.4, -0.2) is 28.2 Å². The molecule has 10 aromatic carbocycles. The van der Waals surface area contributed by atoms with Crippen LogP contribution in [0, 0.1) is 27.7 Å². The molecule has 0 saturated carbocycles. The highest BCUT2D eigenvalue weighted by molar-refractivity contribution is 6.16. The molecule has 6 heteroatoms. The van der Waals surface area contributed by atoms with Gasteiger partial charge in [-0.3, -0.25) is 9.13 Å². The third-order valence-electron chi connectivity index (χ3n) is 16.5. The van der Waals surface area contributed by atoms with Gasteiger partial charge in [-0.2, -0.15) is 0 Å². The Labute approximate surface area is 462 Å². The Morgan fingerprint density at radius 3 is 0.850 bits per heavy atom. The molecule has 6 heterocycles. The van der Waals surface area contributed by atoms with Crippen molar-refractivity contribution in [2.45, 2.75) is 27.7 Å². The number of rotatable bonds is 7. The maximum absolute atomic E-state index is 6.48. The summed E-state index contributed by atoms with van der Waals surface area (Å²) >= 11 is 0. The molecule has 0 amide bonds. The summed E-state index contributed by atoms with van der Waals surface area (Å²) < 4.78 is 9.97. The lowest BCUT2D eigenvalue weighted by atomic mass is 9.96. The molecule has 80 heavy (non-hydrogen) atoms. The summed E-state index contributed by atoms with van der Waals surface area (Å²) in [5.74, 6) is 1.59. The van der Waals surface area contributed by atoms with E-state index in [0.29, 0.717) is 0 Å². The lowest BCUT2D eigenvalue weighted by Crippen LogP contribution is -2.16. The average molecular weight is 1030 g/mol. The standard InChI is InChI=1S/C74H52N6/c1-45-31-35-66-56(39-45)57-40-46(2)32-36-67(57)77(66)71-70(51-43-60(49-19-7-5-8-20-49)75-61(44-51)50-21-9-6-10-22-50)72(78-68-37-33-47(3)41-58(68)59-42-48(4)34-38-69(59)78)74(80-64-29-17-13-25-54(64)55-26-14-18-30-65(55)80)76-73(71)79-62-27-15-11-23-52(62)53-24-12-16-28-63(53)79/h5-44H,1-4H3. The third kappa shape index (κ3) is 6.85. The average Bonchev–Trinajstić information content (AvgIpc) is 4.30. The molecule has 0 radical (unpaired) electrons. The number of aryl methyl sites for hydroxylation is 4. The van der Waals surface area contributed by atoms with Crippen molar-refractivity contribution in [3.05, 3.63) is 265 Å². The molecule has 0 unspecified atom stereocenters. The third-order valence-corrected chi connectivity index (χ3v) is 16.5. The molecule has 0 spiro atoms. The van der Waals surface area contributed by atoms with Crippen LogP contribution >= 0.6 is 0 Å². The summed E-state index contributed by atoms with van der Waals surface area (Å²) in [4.78, 5) is 12.1. The molecule has 0 atom stereocenters. The molecule has 0 fully saturated rings. The van der Waals surface area contributed by atoms with Crippen LogP contribution in [0.25, 0.3) is 144 Å². The Morgan fingerprint density at radius 1 is 0.237 bits per heavy atom. The van der Waals surface area contributed by atoms with Gasteiger partial charge in [0.05, 0.1) is 55.5 Å². The zero-order chi connectivity index (χ0) is 53.3. The highest BCUT2D eigenvalue weighted by atomic mass is 15.2. The van der Waals surface area contributed by atoms with Crippen LogP contribution in [0.5, 0.6) is 0 Å². The molecular weight excluding hydrogens is 973 g/mol. The molecule has 0 aliphatic carbocycles. The minimum absolute atomic E-state index is 0.796. The second-order valence-electron chi connectivity index (χ2n) is 21.7. The monoisotopic (exact) mass is 1020 g/mol. The molecule has 6 aromatic heterocycles. The van der Waals surface area contributed by atoms with Gasteiger partial charge in [0, 0.05) is 59.8 Å². The van der Waals surface area contributed by atoms with E-state index in [-0.39, 0.29) is 0 Å². The van der Waals surface area contributed by atoms with Crippen molar-refractivity contribution in [1.29, 1.82) is 0 Å². The molecule has 378 valence electrons. The Kier molecular flexibility index (Phi) is 10.1. The molecular formula is C74H52N6. The molecule has 0 bridgehead atoms. The Balaban J connectivity index is 1.25. The number of fused-ring (bicyclic) bond motifs is 12. The zero-order valence-electron chi connectivity index (χ0n) is 44.8. The minimum Gasteiger partial charge on any atom is -0.305 e. The van der Waals surface area contributed by atoms with Gasteiger partial charge >= 0.3 is 0 Å². The second kappa shape index (κ2) is 17.6. The van der Waals surface area contributed by atoms with Gasteiger partial charge < -0.3 is 9.13 Å². The van der Waals surface area contributed by atoms with Crippen molar-refractivity contribution < 1.29 is 0 Å². The highest BCUT2D eigenvalue weighted by Crippen LogP contribution is 2.50. The van der Waals surface area contributed by atoms with Crippen LogP contribution in [0.3, 0.4) is 0 Å². The smallest absolute Gasteiger partial charge is 0.165 e. The number of para-hydroxylation sites is 4. The summed E-state index contributed by atoms with van der Waals surface area (Å²) in [6, 6.07) is 89.1. The van der Waals surface area contributed by atoms with E-state index in [1.54, 1.807) is 0 Å². The summed E-state index contributed by atoms with van der Waals surface area (Å²) in [6.07, 6.45) is 0. The van der Waals surface area contributed by atoms with E-state index in [9.17, 15) is 0 Å². The highest BCUT2D eigenvalue weighted by Gasteiger charge is 2.33. The SMILES string of the molecule is Cc1ccc2c(c1)c1cc(C)ccc1n2-c1c(-n2c3ccccc3c3ccccc32)nc(-n2c3ccccc3c3ccccc32)c(-n2c3ccc(C)cc3c3cc(C)ccc32)c1-c1cc(-c2ccccc2)nc(-c2ccccc2)c1. The van der Waals surface area contributed by atoms with Crippen molar-refractivity contribution in [1.82, 2.24) is 28.2 Å². The Hall–Kier alpha value is -10.3. The van der Waals surface area contributed by atoms with E-state index >= 15 is 0 Å². The largest absolute Gasteiger partial charge is 0.305 e. The van der Waals surface area contributed by atoms with Gasteiger partial charge in [0.2, 0.25) is 0 Å². The predicted octanol–water partition coefficient (Wildman–Crippen LogP) is 19.1. The molecule has 0 aliphatic heterocycles. The van der Waals surface area contributed by atoms with Crippen LogP contribution in [0.4, 0.5) is 0 Å². The fraction of sp³-hybridized carbons (Fsp3) is 0.0541. The number of pyridine rings is 2. The van der Waals surface area contributed by atoms with Crippen LogP contribution in [0.15, 0.2) is 243 Å². The maximum atomic E-state index is 6.48. The van der Waals surface area contributed by atoms with Crippen molar-refractivity contribution >= 4 is 87.2 Å². The summed E-state index contributed by atoms with van der Waals surface area (Å²) in [6.45, 7) is 8.80. The van der Waals surface area contributed by atoms with E-state index in [2.05, 4.69) is 289 Å². The Bertz CT molecular complexity index is 4680. The summed E-state index contributed by atoms with van der Waals surface area (Å²) in [7, 11) is 0. The number of aromatic nitrogens is 6. The predicted molar refractivity (Wildman–Crippen MR) is 335 cm³/mol. The van der Waals surface area contributed by atoms with Crippen molar-refractivity contribution in [2.75, 3.05) is 0 Å². The summed E-state index contributed by atoms with van der Waals surface area (Å²) in [5.41, 5.74) is 21.1. The number of hydrogen-bond donors (Lipinski definition) is 0. The molecule has 0 saturated heterocycles. The van der Waals surface area contributed by atoms with E-state index < -0.39 is 0 Å². The first-order chi connectivity index (χ1) is 39.3. The second-order valence-corrected chi connectivity index (χ2v) is 21.7. The topological polar surface area (TPSA) is 45.5 Å². The van der Waals surface area contributed by atoms with Gasteiger partial charge in [-0.15, -0.1) is 0 Å². The normalized spacial score (nSPS) is 12.0. The number of nitrogens with zero attached hydrogens (tertiary/aromatic N) is 6. The van der Waals surface area contributed by atoms with Gasteiger partial charge in [-0.1, -0.05) is 180 Å². The van der Waals surface area contributed by atoms with Crippen molar-refractivity contribution in [3.8, 4) is 56.7 Å².